The van der Waals surface area contributed by atoms with E-state index in [-0.39, 0.29) is 28.2 Å². The number of anilines is 1. The van der Waals surface area contributed by atoms with E-state index >= 15 is 0 Å². The first-order valence-corrected chi connectivity index (χ1v) is 7.68. The Labute approximate surface area is 112 Å². The van der Waals surface area contributed by atoms with E-state index in [9.17, 15) is 18.0 Å². The van der Waals surface area contributed by atoms with Crippen LogP contribution in [0.1, 0.15) is 31.1 Å². The van der Waals surface area contributed by atoms with Gasteiger partial charge in [-0.15, -0.1) is 0 Å². The lowest BCUT2D eigenvalue weighted by atomic mass is 10.1. The van der Waals surface area contributed by atoms with E-state index < -0.39 is 9.84 Å². The number of nitrogens with one attached hydrogen (secondary N) is 1. The van der Waals surface area contributed by atoms with Gasteiger partial charge in [0.1, 0.15) is 0 Å². The summed E-state index contributed by atoms with van der Waals surface area (Å²) < 4.78 is 23.0. The fourth-order valence-electron chi connectivity index (χ4n) is 1.44. The van der Waals surface area contributed by atoms with Gasteiger partial charge in [0, 0.05) is 17.7 Å². The lowest BCUT2D eigenvalue weighted by Crippen LogP contribution is -2.19. The molecule has 0 unspecified atom stereocenters. The molecule has 0 fully saturated rings. The van der Waals surface area contributed by atoms with E-state index in [1.165, 1.54) is 25.1 Å². The molecule has 0 heterocycles. The van der Waals surface area contributed by atoms with Crippen LogP contribution in [0.15, 0.2) is 23.1 Å². The van der Waals surface area contributed by atoms with E-state index in [2.05, 4.69) is 5.32 Å². The van der Waals surface area contributed by atoms with Gasteiger partial charge in [-0.2, -0.15) is 0 Å². The summed E-state index contributed by atoms with van der Waals surface area (Å²) in [7, 11) is -3.39. The Morgan fingerprint density at radius 1 is 1.21 bits per heavy atom. The van der Waals surface area contributed by atoms with E-state index in [0.29, 0.717) is 5.56 Å². The van der Waals surface area contributed by atoms with Crippen LogP contribution >= 0.6 is 0 Å². The highest BCUT2D eigenvalue weighted by Crippen LogP contribution is 2.22. The van der Waals surface area contributed by atoms with Crippen molar-refractivity contribution in [2.75, 3.05) is 11.6 Å². The molecule has 104 valence electrons. The Kier molecular flexibility index (Phi) is 4.47. The number of sulfone groups is 1. The number of benzene rings is 1. The third kappa shape index (κ3) is 3.89. The van der Waals surface area contributed by atoms with Gasteiger partial charge in [-0.1, -0.05) is 13.8 Å². The standard InChI is InChI=1S/C13H17NO4S/c1-8(2)13(16)14-12-7-10(19(4,17)18)5-6-11(12)9(3)15/h5-8H,1-4H3,(H,14,16). The third-order valence-corrected chi connectivity index (χ3v) is 3.69. The molecule has 0 saturated carbocycles. The predicted molar refractivity (Wildman–Crippen MR) is 73.0 cm³/mol. The number of carbonyl (C=O) groups excluding carboxylic acids is 2. The quantitative estimate of drug-likeness (QED) is 0.856. The molecule has 0 bridgehead atoms. The zero-order valence-electron chi connectivity index (χ0n) is 11.4. The summed E-state index contributed by atoms with van der Waals surface area (Å²) >= 11 is 0. The molecule has 1 aromatic carbocycles. The Balaban J connectivity index is 3.32. The van der Waals surface area contributed by atoms with Crippen LogP contribution in [0, 0.1) is 5.92 Å². The number of hydrogen-bond acceptors (Lipinski definition) is 4. The molecule has 0 saturated heterocycles. The minimum absolute atomic E-state index is 0.0663. The van der Waals surface area contributed by atoms with Crippen molar-refractivity contribution in [3.05, 3.63) is 23.8 Å². The van der Waals surface area contributed by atoms with Crippen molar-refractivity contribution in [2.24, 2.45) is 5.92 Å². The second kappa shape index (κ2) is 5.52. The third-order valence-electron chi connectivity index (χ3n) is 2.58. The van der Waals surface area contributed by atoms with E-state index in [0.717, 1.165) is 6.26 Å². The van der Waals surface area contributed by atoms with Crippen molar-refractivity contribution >= 4 is 27.2 Å². The van der Waals surface area contributed by atoms with Crippen LogP contribution in [0.3, 0.4) is 0 Å². The number of Topliss-reactive ketones (excluding diaryl/α,β-unsaturated/α-hetero) is 1. The van der Waals surface area contributed by atoms with Gasteiger partial charge in [0.15, 0.2) is 15.6 Å². The normalized spacial score (nSPS) is 11.4. The minimum atomic E-state index is -3.39. The largest absolute Gasteiger partial charge is 0.325 e. The molecule has 0 aromatic heterocycles. The molecule has 0 spiro atoms. The second-order valence-electron chi connectivity index (χ2n) is 4.68. The monoisotopic (exact) mass is 283 g/mol. The molecule has 0 aliphatic rings. The number of ketones is 1. The maximum Gasteiger partial charge on any atom is 0.226 e. The Hall–Kier alpha value is -1.69. The molecule has 1 rings (SSSR count). The van der Waals surface area contributed by atoms with Crippen molar-refractivity contribution < 1.29 is 18.0 Å². The Morgan fingerprint density at radius 3 is 2.21 bits per heavy atom. The molecule has 1 N–H and O–H groups in total. The zero-order chi connectivity index (χ0) is 14.8. The smallest absolute Gasteiger partial charge is 0.226 e. The fraction of sp³-hybridized carbons (Fsp3) is 0.385. The zero-order valence-corrected chi connectivity index (χ0v) is 12.2. The Bertz CT molecular complexity index is 618. The van der Waals surface area contributed by atoms with Crippen LogP contribution in [0.5, 0.6) is 0 Å². The minimum Gasteiger partial charge on any atom is -0.325 e. The SMILES string of the molecule is CC(=O)c1ccc(S(C)(=O)=O)cc1NC(=O)C(C)C. The fourth-order valence-corrected chi connectivity index (χ4v) is 2.09. The van der Waals surface area contributed by atoms with Crippen LogP contribution < -0.4 is 5.32 Å². The molecule has 6 heteroatoms. The molecular weight excluding hydrogens is 266 g/mol. The summed E-state index contributed by atoms with van der Waals surface area (Å²) in [6, 6.07) is 4.08. The van der Waals surface area contributed by atoms with Gasteiger partial charge >= 0.3 is 0 Å². The van der Waals surface area contributed by atoms with E-state index in [4.69, 9.17) is 0 Å². The second-order valence-corrected chi connectivity index (χ2v) is 6.70. The van der Waals surface area contributed by atoms with Gasteiger partial charge in [-0.05, 0) is 25.1 Å². The summed E-state index contributed by atoms with van der Waals surface area (Å²) in [6.45, 7) is 4.78. The first-order chi connectivity index (χ1) is 8.62. The maximum atomic E-state index is 11.7. The predicted octanol–water partition coefficient (Wildman–Crippen LogP) is 1.89. The van der Waals surface area contributed by atoms with Crippen LogP contribution in [0.4, 0.5) is 5.69 Å². The molecule has 0 radical (unpaired) electrons. The van der Waals surface area contributed by atoms with Crippen LogP contribution in [0.2, 0.25) is 0 Å². The molecule has 0 aliphatic carbocycles. The first-order valence-electron chi connectivity index (χ1n) is 5.79. The molecule has 19 heavy (non-hydrogen) atoms. The number of rotatable bonds is 4. The molecule has 5 nitrogen and oxygen atoms in total. The average Bonchev–Trinajstić information content (AvgIpc) is 2.27. The summed E-state index contributed by atoms with van der Waals surface area (Å²) in [4.78, 5) is 23.2. The van der Waals surface area contributed by atoms with E-state index in [1.54, 1.807) is 13.8 Å². The average molecular weight is 283 g/mol. The van der Waals surface area contributed by atoms with Crippen molar-refractivity contribution in [3.63, 3.8) is 0 Å². The summed E-state index contributed by atoms with van der Waals surface area (Å²) in [5.41, 5.74) is 0.524. The van der Waals surface area contributed by atoms with E-state index in [1.807, 2.05) is 0 Å². The van der Waals surface area contributed by atoms with Crippen molar-refractivity contribution in [2.45, 2.75) is 25.7 Å². The van der Waals surface area contributed by atoms with Crippen molar-refractivity contribution in [1.82, 2.24) is 0 Å². The topological polar surface area (TPSA) is 80.3 Å². The lowest BCUT2D eigenvalue weighted by Gasteiger charge is -2.12. The highest BCUT2D eigenvalue weighted by atomic mass is 32.2. The van der Waals surface area contributed by atoms with Gasteiger partial charge in [0.05, 0.1) is 10.6 Å². The first kappa shape index (κ1) is 15.4. The van der Waals surface area contributed by atoms with Gasteiger partial charge in [0.25, 0.3) is 0 Å². The summed E-state index contributed by atoms with van der Waals surface area (Å²) in [6.07, 6.45) is 1.07. The Morgan fingerprint density at radius 2 is 1.79 bits per heavy atom. The van der Waals surface area contributed by atoms with Gasteiger partial charge in [0.2, 0.25) is 5.91 Å². The van der Waals surface area contributed by atoms with Crippen LogP contribution in [-0.4, -0.2) is 26.4 Å². The number of carbonyl (C=O) groups is 2. The van der Waals surface area contributed by atoms with Gasteiger partial charge in [-0.25, -0.2) is 8.42 Å². The number of amides is 1. The molecule has 1 aromatic rings. The van der Waals surface area contributed by atoms with Gasteiger partial charge < -0.3 is 5.32 Å². The molecule has 0 atom stereocenters. The lowest BCUT2D eigenvalue weighted by molar-refractivity contribution is -0.118. The summed E-state index contributed by atoms with van der Waals surface area (Å²) in [5, 5.41) is 2.58. The highest BCUT2D eigenvalue weighted by Gasteiger charge is 2.16. The van der Waals surface area contributed by atoms with Crippen LogP contribution in [-0.2, 0) is 14.6 Å². The van der Waals surface area contributed by atoms with Crippen LogP contribution in [0.25, 0.3) is 0 Å². The van der Waals surface area contributed by atoms with Crippen molar-refractivity contribution in [3.8, 4) is 0 Å². The molecular formula is C13H17NO4S. The maximum absolute atomic E-state index is 11.7. The summed E-state index contributed by atoms with van der Waals surface area (Å²) in [5.74, 6) is -0.769. The highest BCUT2D eigenvalue weighted by molar-refractivity contribution is 7.90. The molecule has 0 aliphatic heterocycles. The van der Waals surface area contributed by atoms with Gasteiger partial charge in [-0.3, -0.25) is 9.59 Å². The van der Waals surface area contributed by atoms with Crippen molar-refractivity contribution in [1.29, 1.82) is 0 Å². The number of hydrogen-bond donors (Lipinski definition) is 1. The molecule has 1 amide bonds.